The Balaban J connectivity index is 2.23. The zero-order chi connectivity index (χ0) is 11.5. The molecule has 16 heavy (non-hydrogen) atoms. The van der Waals surface area contributed by atoms with Crippen molar-refractivity contribution in [3.8, 4) is 0 Å². The molecule has 2 rings (SSSR count). The molecule has 1 unspecified atom stereocenters. The summed E-state index contributed by atoms with van der Waals surface area (Å²) in [6.07, 6.45) is 0.302. The maximum Gasteiger partial charge on any atom is 0.384 e. The SMILES string of the molecule is CCOC1=NC(c2cccc(F)c2C)CO1. The number of halogens is 1. The molecule has 4 heteroatoms. The Bertz CT molecular complexity index is 417. The van der Waals surface area contributed by atoms with E-state index in [1.165, 1.54) is 6.07 Å². The van der Waals surface area contributed by atoms with E-state index in [1.54, 1.807) is 13.0 Å². The van der Waals surface area contributed by atoms with Crippen molar-refractivity contribution in [2.45, 2.75) is 19.9 Å². The van der Waals surface area contributed by atoms with Crippen molar-refractivity contribution in [2.24, 2.45) is 4.99 Å². The first kappa shape index (κ1) is 10.9. The van der Waals surface area contributed by atoms with Crippen LogP contribution in [0.25, 0.3) is 0 Å². The molecule has 1 atom stereocenters. The Hall–Kier alpha value is -1.58. The molecule has 86 valence electrons. The third-order valence-corrected chi connectivity index (χ3v) is 2.56. The van der Waals surface area contributed by atoms with E-state index < -0.39 is 0 Å². The molecule has 1 aliphatic heterocycles. The number of hydrogen-bond acceptors (Lipinski definition) is 3. The third-order valence-electron chi connectivity index (χ3n) is 2.56. The molecule has 0 aliphatic carbocycles. The average Bonchev–Trinajstić information content (AvgIpc) is 2.71. The van der Waals surface area contributed by atoms with Crippen LogP contribution in [0, 0.1) is 12.7 Å². The second kappa shape index (κ2) is 4.51. The van der Waals surface area contributed by atoms with Crippen LogP contribution in [0.15, 0.2) is 23.2 Å². The predicted molar refractivity (Wildman–Crippen MR) is 58.9 cm³/mol. The van der Waals surface area contributed by atoms with Crippen LogP contribution >= 0.6 is 0 Å². The summed E-state index contributed by atoms with van der Waals surface area (Å²) >= 11 is 0. The van der Waals surface area contributed by atoms with Crippen molar-refractivity contribution in [3.63, 3.8) is 0 Å². The van der Waals surface area contributed by atoms with Gasteiger partial charge in [0.25, 0.3) is 0 Å². The van der Waals surface area contributed by atoms with E-state index in [0.29, 0.717) is 24.9 Å². The molecule has 0 spiro atoms. The molecule has 0 fully saturated rings. The van der Waals surface area contributed by atoms with Crippen molar-refractivity contribution >= 4 is 6.08 Å². The Morgan fingerprint density at radius 1 is 1.56 bits per heavy atom. The molecule has 0 aromatic heterocycles. The van der Waals surface area contributed by atoms with Crippen molar-refractivity contribution in [2.75, 3.05) is 13.2 Å². The Morgan fingerprint density at radius 2 is 2.38 bits per heavy atom. The lowest BCUT2D eigenvalue weighted by atomic mass is 10.0. The quantitative estimate of drug-likeness (QED) is 0.771. The number of ether oxygens (including phenoxy) is 2. The second-order valence-corrected chi connectivity index (χ2v) is 3.61. The fraction of sp³-hybridized carbons (Fsp3) is 0.417. The van der Waals surface area contributed by atoms with E-state index in [9.17, 15) is 4.39 Å². The largest absolute Gasteiger partial charge is 0.451 e. The standard InChI is InChI=1S/C12H14FNO2/c1-3-15-12-14-11(7-16-12)9-5-4-6-10(13)8(9)2/h4-6,11H,3,7H2,1-2H3. The molecule has 3 nitrogen and oxygen atoms in total. The fourth-order valence-corrected chi connectivity index (χ4v) is 1.70. The third kappa shape index (κ3) is 2.01. The highest BCUT2D eigenvalue weighted by Crippen LogP contribution is 2.27. The molecule has 0 saturated carbocycles. The zero-order valence-corrected chi connectivity index (χ0v) is 9.37. The van der Waals surface area contributed by atoms with E-state index in [4.69, 9.17) is 9.47 Å². The van der Waals surface area contributed by atoms with Gasteiger partial charge in [-0.25, -0.2) is 9.38 Å². The van der Waals surface area contributed by atoms with Gasteiger partial charge < -0.3 is 9.47 Å². The number of aliphatic imine (C=N–C) groups is 1. The van der Waals surface area contributed by atoms with E-state index in [1.807, 2.05) is 13.0 Å². The summed E-state index contributed by atoms with van der Waals surface area (Å²) in [7, 11) is 0. The van der Waals surface area contributed by atoms with Gasteiger partial charge >= 0.3 is 6.08 Å². The molecular weight excluding hydrogens is 209 g/mol. The summed E-state index contributed by atoms with van der Waals surface area (Å²) in [6, 6.07) is 4.84. The van der Waals surface area contributed by atoms with Gasteiger partial charge in [-0.1, -0.05) is 12.1 Å². The van der Waals surface area contributed by atoms with Crippen LogP contribution < -0.4 is 0 Å². The Kier molecular flexibility index (Phi) is 3.08. The summed E-state index contributed by atoms with van der Waals surface area (Å²) in [5.74, 6) is -0.211. The summed E-state index contributed by atoms with van der Waals surface area (Å²) < 4.78 is 23.8. The molecule has 0 bridgehead atoms. The van der Waals surface area contributed by atoms with Crippen LogP contribution in [0.3, 0.4) is 0 Å². The summed E-state index contributed by atoms with van der Waals surface area (Å²) in [5, 5.41) is 0. The maximum atomic E-state index is 13.4. The highest BCUT2D eigenvalue weighted by atomic mass is 19.1. The van der Waals surface area contributed by atoms with Crippen LogP contribution in [0.1, 0.15) is 24.1 Å². The fourth-order valence-electron chi connectivity index (χ4n) is 1.70. The van der Waals surface area contributed by atoms with Crippen molar-refractivity contribution in [1.29, 1.82) is 0 Å². The minimum atomic E-state index is -0.211. The monoisotopic (exact) mass is 223 g/mol. The Labute approximate surface area is 93.9 Å². The van der Waals surface area contributed by atoms with Gasteiger partial charge in [0.05, 0.1) is 6.61 Å². The van der Waals surface area contributed by atoms with Crippen LogP contribution in [0.4, 0.5) is 4.39 Å². The average molecular weight is 223 g/mol. The highest BCUT2D eigenvalue weighted by Gasteiger charge is 2.23. The molecule has 1 aliphatic rings. The maximum absolute atomic E-state index is 13.4. The first-order valence-electron chi connectivity index (χ1n) is 5.30. The van der Waals surface area contributed by atoms with E-state index in [2.05, 4.69) is 4.99 Å². The molecule has 0 N–H and O–H groups in total. The van der Waals surface area contributed by atoms with Crippen molar-refractivity contribution in [1.82, 2.24) is 0 Å². The first-order chi connectivity index (χ1) is 7.72. The predicted octanol–water partition coefficient (Wildman–Crippen LogP) is 2.60. The minimum Gasteiger partial charge on any atom is -0.451 e. The van der Waals surface area contributed by atoms with Gasteiger partial charge in [0.1, 0.15) is 18.5 Å². The van der Waals surface area contributed by atoms with Crippen LogP contribution in [-0.4, -0.2) is 19.3 Å². The topological polar surface area (TPSA) is 30.8 Å². The van der Waals surface area contributed by atoms with Crippen molar-refractivity contribution < 1.29 is 13.9 Å². The molecule has 0 amide bonds. The highest BCUT2D eigenvalue weighted by molar-refractivity contribution is 5.69. The number of benzene rings is 1. The summed E-state index contributed by atoms with van der Waals surface area (Å²) in [4.78, 5) is 4.26. The second-order valence-electron chi connectivity index (χ2n) is 3.61. The van der Waals surface area contributed by atoms with Gasteiger partial charge in [-0.2, -0.15) is 0 Å². The summed E-state index contributed by atoms with van der Waals surface area (Å²) in [6.45, 7) is 4.55. The lowest BCUT2D eigenvalue weighted by molar-refractivity contribution is 0.193. The smallest absolute Gasteiger partial charge is 0.384 e. The van der Waals surface area contributed by atoms with Gasteiger partial charge in [-0.05, 0) is 31.0 Å². The molecule has 1 heterocycles. The lowest BCUT2D eigenvalue weighted by Crippen LogP contribution is -2.04. The molecule has 1 aromatic carbocycles. The van der Waals surface area contributed by atoms with Gasteiger partial charge in [-0.15, -0.1) is 0 Å². The van der Waals surface area contributed by atoms with Crippen molar-refractivity contribution in [3.05, 3.63) is 35.1 Å². The molecule has 1 aromatic rings. The molecular formula is C12H14FNO2. The number of rotatable bonds is 2. The van der Waals surface area contributed by atoms with E-state index in [0.717, 1.165) is 5.56 Å². The lowest BCUT2D eigenvalue weighted by Gasteiger charge is -2.08. The summed E-state index contributed by atoms with van der Waals surface area (Å²) in [5.41, 5.74) is 1.48. The first-order valence-corrected chi connectivity index (χ1v) is 5.30. The van der Waals surface area contributed by atoms with Crippen LogP contribution in [0.2, 0.25) is 0 Å². The number of nitrogens with zero attached hydrogens (tertiary/aromatic N) is 1. The van der Waals surface area contributed by atoms with Crippen LogP contribution in [0.5, 0.6) is 0 Å². The minimum absolute atomic E-state index is 0.155. The van der Waals surface area contributed by atoms with Crippen LogP contribution in [-0.2, 0) is 9.47 Å². The van der Waals surface area contributed by atoms with E-state index >= 15 is 0 Å². The van der Waals surface area contributed by atoms with Gasteiger partial charge in [0.2, 0.25) is 0 Å². The van der Waals surface area contributed by atoms with E-state index in [-0.39, 0.29) is 11.9 Å². The van der Waals surface area contributed by atoms with Gasteiger partial charge in [0, 0.05) is 0 Å². The Morgan fingerprint density at radius 3 is 3.12 bits per heavy atom. The molecule has 0 saturated heterocycles. The normalized spacial score (nSPS) is 19.2. The zero-order valence-electron chi connectivity index (χ0n) is 9.37. The van der Waals surface area contributed by atoms with Gasteiger partial charge in [-0.3, -0.25) is 0 Å². The molecule has 0 radical (unpaired) electrons. The number of hydrogen-bond donors (Lipinski definition) is 0. The van der Waals surface area contributed by atoms with Gasteiger partial charge in [0.15, 0.2) is 0 Å².